The Labute approximate surface area is 169 Å². The van der Waals surface area contributed by atoms with Gasteiger partial charge in [0, 0.05) is 44.6 Å². The molecule has 3 rings (SSSR count). The molecule has 1 aromatic carbocycles. The van der Waals surface area contributed by atoms with Gasteiger partial charge in [-0.3, -0.25) is 15.1 Å². The van der Waals surface area contributed by atoms with Crippen LogP contribution in [0.1, 0.15) is 25.7 Å². The molecule has 1 aliphatic rings. The summed E-state index contributed by atoms with van der Waals surface area (Å²) in [5.74, 6) is 0.600. The van der Waals surface area contributed by atoms with Crippen molar-refractivity contribution in [1.29, 1.82) is 0 Å². The van der Waals surface area contributed by atoms with Crippen molar-refractivity contribution in [3.63, 3.8) is 0 Å². The molecule has 2 heterocycles. The van der Waals surface area contributed by atoms with Crippen molar-refractivity contribution in [3.05, 3.63) is 46.9 Å². The van der Waals surface area contributed by atoms with E-state index in [4.69, 9.17) is 0 Å². The number of benzene rings is 1. The summed E-state index contributed by atoms with van der Waals surface area (Å²) in [5.41, 5.74) is 0.00571. The molecule has 0 saturated carbocycles. The zero-order chi connectivity index (χ0) is 20.7. The number of aromatic nitrogens is 2. The Morgan fingerprint density at radius 1 is 1.07 bits per heavy atom. The summed E-state index contributed by atoms with van der Waals surface area (Å²) < 4.78 is 27.2. The van der Waals surface area contributed by atoms with Crippen molar-refractivity contribution >= 4 is 27.2 Å². The first-order valence-electron chi connectivity index (χ1n) is 9.51. The van der Waals surface area contributed by atoms with Gasteiger partial charge >= 0.3 is 0 Å². The smallest absolute Gasteiger partial charge is 0.293 e. The van der Waals surface area contributed by atoms with Crippen LogP contribution in [0, 0.1) is 10.1 Å². The summed E-state index contributed by atoms with van der Waals surface area (Å²) in [6.45, 7) is 1.74. The highest BCUT2D eigenvalue weighted by molar-refractivity contribution is 7.89. The molecular weight excluding hydrogens is 396 g/mol. The fourth-order valence-corrected chi connectivity index (χ4v) is 4.72. The van der Waals surface area contributed by atoms with Gasteiger partial charge in [0.1, 0.15) is 11.5 Å². The van der Waals surface area contributed by atoms with Crippen molar-refractivity contribution in [1.82, 2.24) is 14.3 Å². The summed E-state index contributed by atoms with van der Waals surface area (Å²) in [7, 11) is -3.75. The zero-order valence-corrected chi connectivity index (χ0v) is 16.8. The first-order chi connectivity index (χ1) is 14.0. The highest BCUT2D eigenvalue weighted by Crippen LogP contribution is 2.29. The van der Waals surface area contributed by atoms with Crippen LogP contribution in [0.5, 0.6) is 0 Å². The Kier molecular flexibility index (Phi) is 6.94. The van der Waals surface area contributed by atoms with Gasteiger partial charge in [0.2, 0.25) is 10.0 Å². The maximum atomic E-state index is 12.9. The molecule has 0 bridgehead atoms. The van der Waals surface area contributed by atoms with Crippen molar-refractivity contribution < 1.29 is 13.3 Å². The van der Waals surface area contributed by atoms with Gasteiger partial charge in [-0.15, -0.1) is 0 Å². The third kappa shape index (κ3) is 5.39. The van der Waals surface area contributed by atoms with E-state index in [9.17, 15) is 18.5 Å². The number of hydrogen-bond donors (Lipinski definition) is 2. The molecule has 0 unspecified atom stereocenters. The first-order valence-corrected chi connectivity index (χ1v) is 10.9. The molecule has 1 aliphatic heterocycles. The lowest BCUT2D eigenvalue weighted by Crippen LogP contribution is -2.32. The molecule has 1 fully saturated rings. The van der Waals surface area contributed by atoms with Gasteiger partial charge in [0.05, 0.1) is 16.0 Å². The Morgan fingerprint density at radius 2 is 1.79 bits per heavy atom. The largest absolute Gasteiger partial charge is 0.378 e. The predicted molar refractivity (Wildman–Crippen MR) is 109 cm³/mol. The topological polar surface area (TPSA) is 130 Å². The van der Waals surface area contributed by atoms with E-state index in [-0.39, 0.29) is 16.3 Å². The van der Waals surface area contributed by atoms with E-state index in [0.717, 1.165) is 31.7 Å². The predicted octanol–water partition coefficient (Wildman–Crippen LogP) is 2.47. The van der Waals surface area contributed by atoms with Crippen LogP contribution in [-0.2, 0) is 10.0 Å². The van der Waals surface area contributed by atoms with Crippen molar-refractivity contribution in [2.45, 2.75) is 30.6 Å². The van der Waals surface area contributed by atoms with Crippen molar-refractivity contribution in [2.75, 3.05) is 36.8 Å². The minimum absolute atomic E-state index is 0.0469. The molecule has 2 aromatic rings. The van der Waals surface area contributed by atoms with Crippen LogP contribution in [0.15, 0.2) is 41.7 Å². The lowest BCUT2D eigenvalue weighted by molar-refractivity contribution is -0.384. The maximum absolute atomic E-state index is 12.9. The molecule has 0 spiro atoms. The van der Waals surface area contributed by atoms with Crippen LogP contribution in [0.4, 0.5) is 17.2 Å². The fraction of sp³-hybridized carbons (Fsp3) is 0.444. The van der Waals surface area contributed by atoms with Gasteiger partial charge in [-0.25, -0.2) is 13.4 Å². The Hall–Kier alpha value is -2.79. The van der Waals surface area contributed by atoms with Gasteiger partial charge in [-0.2, -0.15) is 4.31 Å². The third-order valence-electron chi connectivity index (χ3n) is 4.68. The Morgan fingerprint density at radius 3 is 2.45 bits per heavy atom. The molecule has 11 heteroatoms. The second-order valence-electron chi connectivity index (χ2n) is 6.70. The normalized spacial score (nSPS) is 15.4. The average Bonchev–Trinajstić information content (AvgIpc) is 3.02. The van der Waals surface area contributed by atoms with Crippen molar-refractivity contribution in [3.8, 4) is 0 Å². The van der Waals surface area contributed by atoms with Gasteiger partial charge in [-0.05, 0) is 25.0 Å². The number of nitrogens with zero attached hydrogens (tertiary/aromatic N) is 4. The monoisotopic (exact) mass is 420 g/mol. The lowest BCUT2D eigenvalue weighted by atomic mass is 10.2. The highest BCUT2D eigenvalue weighted by Gasteiger charge is 2.27. The SMILES string of the molecule is O=[N+]([O-])c1cc(S(=O)(=O)N2CCCCCC2)ccc1NCCNc1cnccn1. The number of nitro benzene ring substituents is 1. The molecule has 156 valence electrons. The van der Waals surface area contributed by atoms with E-state index in [1.165, 1.54) is 16.4 Å². The van der Waals surface area contributed by atoms with Crippen LogP contribution in [-0.4, -0.2) is 53.8 Å². The van der Waals surface area contributed by atoms with Gasteiger partial charge in [-0.1, -0.05) is 12.8 Å². The molecule has 0 atom stereocenters. The molecular formula is C18H24N6O4S. The second-order valence-corrected chi connectivity index (χ2v) is 8.64. The number of sulfonamides is 1. The van der Waals surface area contributed by atoms with Crippen LogP contribution >= 0.6 is 0 Å². The minimum atomic E-state index is -3.75. The summed E-state index contributed by atoms with van der Waals surface area (Å²) >= 11 is 0. The summed E-state index contributed by atoms with van der Waals surface area (Å²) in [6, 6.07) is 4.01. The first kappa shape index (κ1) is 20.9. The second kappa shape index (κ2) is 9.61. The fourth-order valence-electron chi connectivity index (χ4n) is 3.18. The quantitative estimate of drug-likeness (QED) is 0.378. The molecule has 0 aliphatic carbocycles. The van der Waals surface area contributed by atoms with Gasteiger partial charge < -0.3 is 10.6 Å². The number of nitrogens with one attached hydrogen (secondary N) is 2. The molecule has 0 amide bonds. The van der Waals surface area contributed by atoms with Crippen LogP contribution < -0.4 is 10.6 Å². The van der Waals surface area contributed by atoms with E-state index in [1.54, 1.807) is 18.6 Å². The Balaban J connectivity index is 1.70. The van der Waals surface area contributed by atoms with Crippen LogP contribution in [0.25, 0.3) is 0 Å². The summed E-state index contributed by atoms with van der Waals surface area (Å²) in [6.07, 6.45) is 8.30. The highest BCUT2D eigenvalue weighted by atomic mass is 32.2. The molecule has 2 N–H and O–H groups in total. The molecule has 1 saturated heterocycles. The number of nitro groups is 1. The standard InChI is InChI=1S/C18H24N6O4S/c25-24(26)17-13-15(29(27,28)23-11-3-1-2-4-12-23)5-6-16(17)20-9-10-22-18-14-19-7-8-21-18/h5-8,13-14,20H,1-4,9-12H2,(H,21,22). The van der Waals surface area contributed by atoms with Crippen LogP contribution in [0.2, 0.25) is 0 Å². The van der Waals surface area contributed by atoms with Gasteiger partial charge in [0.25, 0.3) is 5.69 Å². The molecule has 1 aromatic heterocycles. The van der Waals surface area contributed by atoms with E-state index in [2.05, 4.69) is 20.6 Å². The summed E-state index contributed by atoms with van der Waals surface area (Å²) in [5, 5.41) is 17.5. The van der Waals surface area contributed by atoms with E-state index in [0.29, 0.717) is 32.0 Å². The molecule has 0 radical (unpaired) electrons. The molecule has 29 heavy (non-hydrogen) atoms. The average molecular weight is 420 g/mol. The van der Waals surface area contributed by atoms with Gasteiger partial charge in [0.15, 0.2) is 0 Å². The minimum Gasteiger partial charge on any atom is -0.378 e. The number of hydrogen-bond acceptors (Lipinski definition) is 8. The van der Waals surface area contributed by atoms with E-state index < -0.39 is 14.9 Å². The van der Waals surface area contributed by atoms with E-state index in [1.807, 2.05) is 0 Å². The Bertz CT molecular complexity index is 931. The van der Waals surface area contributed by atoms with Crippen molar-refractivity contribution in [2.24, 2.45) is 0 Å². The van der Waals surface area contributed by atoms with E-state index >= 15 is 0 Å². The van der Waals surface area contributed by atoms with Crippen LogP contribution in [0.3, 0.4) is 0 Å². The maximum Gasteiger partial charge on any atom is 0.293 e. The lowest BCUT2D eigenvalue weighted by Gasteiger charge is -2.20. The number of anilines is 2. The summed E-state index contributed by atoms with van der Waals surface area (Å²) in [4.78, 5) is 18.9. The zero-order valence-electron chi connectivity index (χ0n) is 16.0. The molecule has 10 nitrogen and oxygen atoms in total. The third-order valence-corrected chi connectivity index (χ3v) is 6.57. The number of rotatable bonds is 8.